The van der Waals surface area contributed by atoms with E-state index in [0.29, 0.717) is 0 Å². The third-order valence-corrected chi connectivity index (χ3v) is 5.71. The summed E-state index contributed by atoms with van der Waals surface area (Å²) in [7, 11) is -0.746. The van der Waals surface area contributed by atoms with E-state index in [1.165, 1.54) is 22.8 Å². The van der Waals surface area contributed by atoms with Crippen molar-refractivity contribution >= 4 is 24.8 Å². The third-order valence-electron chi connectivity index (χ3n) is 3.78. The summed E-state index contributed by atoms with van der Waals surface area (Å²) >= 11 is 0. The Balaban J connectivity index is 0.00000120. The molecule has 0 nitrogen and oxygen atoms in total. The predicted octanol–water partition coefficient (Wildman–Crippen LogP) is -1.80. The minimum absolute atomic E-state index is 0. The molecule has 1 aliphatic rings. The predicted molar refractivity (Wildman–Crippen MR) is 79.1 cm³/mol. The summed E-state index contributed by atoms with van der Waals surface area (Å²) in [5, 5.41) is 4.54. The first-order chi connectivity index (χ1) is 8.18. The average Bonchev–Trinajstić information content (AvgIpc) is 2.65. The monoisotopic (exact) mass is 398 g/mol. The molecule has 0 unspecified atom stereocenters. The standard InChI is InChI=1S/C16H18Si.2ClH.Zr/c1-11-10-13-9-8-12-6-4-5-7-14(12)15(13)16(11)17(2)3;;;/h4-9,17H,10H2,1-3H3;2*1H;/q;;;+2/p-2. The summed E-state index contributed by atoms with van der Waals surface area (Å²) in [5.74, 6) is 0. The largest absolute Gasteiger partial charge is 2.00 e. The molecule has 0 atom stereocenters. The van der Waals surface area contributed by atoms with Crippen molar-refractivity contribution in [1.29, 1.82) is 0 Å². The number of hydrogen-bond donors (Lipinski definition) is 0. The molecule has 20 heavy (non-hydrogen) atoms. The quantitative estimate of drug-likeness (QED) is 0.496. The number of halogens is 2. The van der Waals surface area contributed by atoms with Crippen LogP contribution in [0.1, 0.15) is 18.1 Å². The second-order valence-electron chi connectivity index (χ2n) is 5.35. The molecule has 104 valence electrons. The van der Waals surface area contributed by atoms with Gasteiger partial charge in [0, 0.05) is 0 Å². The van der Waals surface area contributed by atoms with Gasteiger partial charge in [0.25, 0.3) is 0 Å². The van der Waals surface area contributed by atoms with E-state index in [9.17, 15) is 0 Å². The fourth-order valence-corrected chi connectivity index (χ4v) is 5.16. The minimum Gasteiger partial charge on any atom is -1.00 e. The van der Waals surface area contributed by atoms with Crippen LogP contribution in [-0.2, 0) is 32.6 Å². The second kappa shape index (κ2) is 7.94. The molecule has 0 amide bonds. The van der Waals surface area contributed by atoms with Crippen molar-refractivity contribution in [3.8, 4) is 0 Å². The van der Waals surface area contributed by atoms with Gasteiger partial charge in [-0.15, -0.1) is 0 Å². The molecule has 0 fully saturated rings. The van der Waals surface area contributed by atoms with Crippen LogP contribution in [0.5, 0.6) is 0 Å². The summed E-state index contributed by atoms with van der Waals surface area (Å²) in [6.07, 6.45) is 1.17. The number of fused-ring (bicyclic) bond motifs is 3. The second-order valence-corrected chi connectivity index (χ2v) is 8.23. The van der Waals surface area contributed by atoms with Gasteiger partial charge in [-0.1, -0.05) is 60.3 Å². The van der Waals surface area contributed by atoms with Crippen LogP contribution in [0.15, 0.2) is 42.0 Å². The zero-order valence-electron chi connectivity index (χ0n) is 12.0. The van der Waals surface area contributed by atoms with Gasteiger partial charge in [0.1, 0.15) is 0 Å². The van der Waals surface area contributed by atoms with E-state index in [1.807, 2.05) is 0 Å². The SMILES string of the molecule is CC1=C([SiH](C)C)c2c(ccc3ccccc23)C1.[Cl-].[Cl-].[Zr+2]. The molecule has 1 aliphatic carbocycles. The van der Waals surface area contributed by atoms with Gasteiger partial charge in [0.2, 0.25) is 0 Å². The van der Waals surface area contributed by atoms with Gasteiger partial charge in [-0.3, -0.25) is 0 Å². The maximum absolute atomic E-state index is 2.44. The van der Waals surface area contributed by atoms with Gasteiger partial charge >= 0.3 is 26.2 Å². The van der Waals surface area contributed by atoms with Crippen molar-refractivity contribution in [2.45, 2.75) is 26.4 Å². The van der Waals surface area contributed by atoms with Gasteiger partial charge in [-0.05, 0) is 35.2 Å². The molecule has 0 aliphatic heterocycles. The molecule has 4 heteroatoms. The summed E-state index contributed by atoms with van der Waals surface area (Å²) in [4.78, 5) is 0. The molecule has 0 saturated carbocycles. The first kappa shape index (κ1) is 20.1. The third kappa shape index (κ3) is 3.30. The Bertz CT molecular complexity index is 635. The Kier molecular flexibility index (Phi) is 7.99. The van der Waals surface area contributed by atoms with Crippen molar-refractivity contribution in [2.24, 2.45) is 0 Å². The molecular formula is C16H18Cl2SiZr. The molecule has 3 rings (SSSR count). The van der Waals surface area contributed by atoms with Crippen LogP contribution < -0.4 is 24.8 Å². The summed E-state index contributed by atoms with van der Waals surface area (Å²) < 4.78 is 0. The maximum atomic E-state index is 2.44. The van der Waals surface area contributed by atoms with E-state index >= 15 is 0 Å². The molecule has 0 heterocycles. The Morgan fingerprint density at radius 2 is 1.60 bits per heavy atom. The van der Waals surface area contributed by atoms with E-state index in [1.54, 1.807) is 16.3 Å². The molecule has 2 aromatic rings. The molecular weight excluding hydrogens is 382 g/mol. The molecule has 0 N–H and O–H groups in total. The molecule has 0 bridgehead atoms. The first-order valence-electron chi connectivity index (χ1n) is 6.39. The van der Waals surface area contributed by atoms with Gasteiger partial charge < -0.3 is 24.8 Å². The summed E-state index contributed by atoms with van der Waals surface area (Å²) in [6.45, 7) is 7.20. The number of rotatable bonds is 1. The number of hydrogen-bond acceptors (Lipinski definition) is 0. The molecule has 0 aromatic heterocycles. The van der Waals surface area contributed by atoms with Crippen molar-refractivity contribution in [3.05, 3.63) is 53.1 Å². The maximum Gasteiger partial charge on any atom is 2.00 e. The van der Waals surface area contributed by atoms with Crippen LogP contribution in [0.25, 0.3) is 16.0 Å². The number of benzene rings is 2. The van der Waals surface area contributed by atoms with E-state index in [2.05, 4.69) is 56.4 Å². The van der Waals surface area contributed by atoms with E-state index in [4.69, 9.17) is 0 Å². The van der Waals surface area contributed by atoms with Gasteiger partial charge in [0.05, 0.1) is 8.80 Å². The van der Waals surface area contributed by atoms with Crippen LogP contribution >= 0.6 is 0 Å². The zero-order chi connectivity index (χ0) is 12.0. The summed E-state index contributed by atoms with van der Waals surface area (Å²) in [5.41, 5.74) is 4.72. The minimum atomic E-state index is -0.746. The fraction of sp³-hybridized carbons (Fsp3) is 0.250. The Morgan fingerprint density at radius 3 is 2.25 bits per heavy atom. The summed E-state index contributed by atoms with van der Waals surface area (Å²) in [6, 6.07) is 13.4. The zero-order valence-corrected chi connectivity index (χ0v) is 17.1. The normalized spacial score (nSPS) is 12.6. The molecule has 0 spiro atoms. The van der Waals surface area contributed by atoms with Crippen LogP contribution in [0.3, 0.4) is 0 Å². The topological polar surface area (TPSA) is 0 Å². The van der Waals surface area contributed by atoms with E-state index in [0.717, 1.165) is 0 Å². The van der Waals surface area contributed by atoms with E-state index in [-0.39, 0.29) is 51.0 Å². The van der Waals surface area contributed by atoms with Crippen molar-refractivity contribution < 1.29 is 51.0 Å². The molecule has 0 radical (unpaired) electrons. The van der Waals surface area contributed by atoms with Crippen LogP contribution in [0, 0.1) is 0 Å². The number of allylic oxidation sites excluding steroid dienone is 1. The Morgan fingerprint density at radius 1 is 0.950 bits per heavy atom. The van der Waals surface area contributed by atoms with Crippen molar-refractivity contribution in [2.75, 3.05) is 0 Å². The molecule has 2 aromatic carbocycles. The Labute approximate surface area is 154 Å². The molecule has 0 saturated heterocycles. The first-order valence-corrected chi connectivity index (χ1v) is 9.28. The van der Waals surface area contributed by atoms with E-state index < -0.39 is 8.80 Å². The van der Waals surface area contributed by atoms with Crippen LogP contribution in [0.4, 0.5) is 0 Å². The van der Waals surface area contributed by atoms with Crippen LogP contribution in [-0.4, -0.2) is 8.80 Å². The smallest absolute Gasteiger partial charge is 1.00 e. The van der Waals surface area contributed by atoms with Crippen molar-refractivity contribution in [3.63, 3.8) is 0 Å². The van der Waals surface area contributed by atoms with Crippen molar-refractivity contribution in [1.82, 2.24) is 0 Å². The Hall–Kier alpha value is 0.120. The fourth-order valence-electron chi connectivity index (χ4n) is 3.16. The van der Waals surface area contributed by atoms with Gasteiger partial charge in [-0.2, -0.15) is 0 Å². The average molecular weight is 401 g/mol. The van der Waals surface area contributed by atoms with Gasteiger partial charge in [0.15, 0.2) is 0 Å². The van der Waals surface area contributed by atoms with Gasteiger partial charge in [-0.25, -0.2) is 0 Å². The van der Waals surface area contributed by atoms with Crippen LogP contribution in [0.2, 0.25) is 13.1 Å².